The highest BCUT2D eigenvalue weighted by molar-refractivity contribution is 5.98. The number of aryl methyl sites for hydroxylation is 1. The van der Waals surface area contributed by atoms with Crippen LogP contribution in [-0.2, 0) is 6.42 Å². The van der Waals surface area contributed by atoms with Crippen LogP contribution in [-0.4, -0.2) is 19.1 Å². The summed E-state index contributed by atoms with van der Waals surface area (Å²) in [6.45, 7) is 0.905. The molecular formula is C19H18FNO3. The molecule has 0 radical (unpaired) electrons. The summed E-state index contributed by atoms with van der Waals surface area (Å²) in [5, 5.41) is 3.03. The molecule has 1 amide bonds. The molecule has 1 aliphatic heterocycles. The molecule has 0 aromatic heterocycles. The second-order valence-corrected chi connectivity index (χ2v) is 6.09. The van der Waals surface area contributed by atoms with E-state index in [2.05, 4.69) is 5.32 Å². The highest BCUT2D eigenvalue weighted by Gasteiger charge is 2.26. The summed E-state index contributed by atoms with van der Waals surface area (Å²) in [6, 6.07) is 9.91. The van der Waals surface area contributed by atoms with E-state index in [1.807, 2.05) is 6.07 Å². The Hall–Kier alpha value is -2.56. The van der Waals surface area contributed by atoms with Gasteiger partial charge in [0.15, 0.2) is 11.5 Å². The Kier molecular flexibility index (Phi) is 3.84. The summed E-state index contributed by atoms with van der Waals surface area (Å²) in [7, 11) is 0. The van der Waals surface area contributed by atoms with Crippen LogP contribution >= 0.6 is 0 Å². The number of rotatable bonds is 2. The number of amides is 1. The first-order valence-electron chi connectivity index (χ1n) is 8.20. The lowest BCUT2D eigenvalue weighted by atomic mass is 9.87. The van der Waals surface area contributed by atoms with Gasteiger partial charge >= 0.3 is 0 Å². The SMILES string of the molecule is O=C(N[C@H]1CCCc2ccc(F)cc21)c1cccc2c1OCCO2. The number of ether oxygens (including phenoxy) is 2. The molecule has 0 unspecified atom stereocenters. The number of hydrogen-bond acceptors (Lipinski definition) is 3. The fourth-order valence-corrected chi connectivity index (χ4v) is 3.41. The van der Waals surface area contributed by atoms with Crippen LogP contribution in [0.3, 0.4) is 0 Å². The first-order valence-corrected chi connectivity index (χ1v) is 8.20. The Morgan fingerprint density at radius 1 is 1.17 bits per heavy atom. The van der Waals surface area contributed by atoms with Crippen LogP contribution < -0.4 is 14.8 Å². The lowest BCUT2D eigenvalue weighted by Gasteiger charge is -2.27. The molecule has 0 saturated carbocycles. The molecule has 0 fully saturated rings. The van der Waals surface area contributed by atoms with E-state index >= 15 is 0 Å². The van der Waals surface area contributed by atoms with Crippen LogP contribution in [0.2, 0.25) is 0 Å². The molecule has 4 rings (SSSR count). The molecule has 0 bridgehead atoms. The van der Waals surface area contributed by atoms with E-state index in [-0.39, 0.29) is 17.8 Å². The van der Waals surface area contributed by atoms with Crippen molar-refractivity contribution in [2.24, 2.45) is 0 Å². The predicted octanol–water partition coefficient (Wildman–Crippen LogP) is 3.40. The van der Waals surface area contributed by atoms with Crippen molar-refractivity contribution in [1.82, 2.24) is 5.32 Å². The average molecular weight is 327 g/mol. The highest BCUT2D eigenvalue weighted by Crippen LogP contribution is 2.35. The topological polar surface area (TPSA) is 47.6 Å². The second-order valence-electron chi connectivity index (χ2n) is 6.09. The van der Waals surface area contributed by atoms with Crippen LogP contribution in [0.25, 0.3) is 0 Å². The van der Waals surface area contributed by atoms with Crippen molar-refractivity contribution in [3.63, 3.8) is 0 Å². The zero-order valence-electron chi connectivity index (χ0n) is 13.2. The van der Waals surface area contributed by atoms with Gasteiger partial charge in [0.2, 0.25) is 0 Å². The smallest absolute Gasteiger partial charge is 0.255 e. The number of nitrogens with one attached hydrogen (secondary N) is 1. The fraction of sp³-hybridized carbons (Fsp3) is 0.316. The van der Waals surface area contributed by atoms with Gasteiger partial charge in [0.05, 0.1) is 11.6 Å². The van der Waals surface area contributed by atoms with Crippen molar-refractivity contribution in [3.8, 4) is 11.5 Å². The van der Waals surface area contributed by atoms with E-state index in [0.29, 0.717) is 30.3 Å². The maximum absolute atomic E-state index is 13.6. The lowest BCUT2D eigenvalue weighted by Crippen LogP contribution is -2.32. The molecular weight excluding hydrogens is 309 g/mol. The number of carbonyl (C=O) groups excluding carboxylic acids is 1. The highest BCUT2D eigenvalue weighted by atomic mass is 19.1. The first-order chi connectivity index (χ1) is 11.7. The van der Waals surface area contributed by atoms with E-state index in [4.69, 9.17) is 9.47 Å². The molecule has 5 heteroatoms. The summed E-state index contributed by atoms with van der Waals surface area (Å²) in [6.07, 6.45) is 2.68. The minimum absolute atomic E-state index is 0.183. The largest absolute Gasteiger partial charge is 0.486 e. The Labute approximate surface area is 139 Å². The number of halogens is 1. The van der Waals surface area contributed by atoms with Gasteiger partial charge in [-0.1, -0.05) is 12.1 Å². The zero-order valence-corrected chi connectivity index (χ0v) is 13.2. The molecule has 4 nitrogen and oxygen atoms in total. The summed E-state index contributed by atoms with van der Waals surface area (Å²) in [4.78, 5) is 12.7. The van der Waals surface area contributed by atoms with Gasteiger partial charge in [-0.3, -0.25) is 4.79 Å². The van der Waals surface area contributed by atoms with Gasteiger partial charge in [0.25, 0.3) is 5.91 Å². The van der Waals surface area contributed by atoms with Gasteiger partial charge in [-0.15, -0.1) is 0 Å². The Balaban J connectivity index is 1.61. The van der Waals surface area contributed by atoms with Crippen molar-refractivity contribution in [3.05, 3.63) is 58.9 Å². The quantitative estimate of drug-likeness (QED) is 0.919. The van der Waals surface area contributed by atoms with Crippen molar-refractivity contribution in [1.29, 1.82) is 0 Å². The molecule has 24 heavy (non-hydrogen) atoms. The summed E-state index contributed by atoms with van der Waals surface area (Å²) in [5.41, 5.74) is 2.43. The third-order valence-electron chi connectivity index (χ3n) is 4.54. The Bertz CT molecular complexity index is 790. The van der Waals surface area contributed by atoms with Gasteiger partial charge in [0.1, 0.15) is 19.0 Å². The van der Waals surface area contributed by atoms with E-state index in [9.17, 15) is 9.18 Å². The molecule has 0 saturated heterocycles. The van der Waals surface area contributed by atoms with E-state index in [0.717, 1.165) is 30.4 Å². The van der Waals surface area contributed by atoms with Gasteiger partial charge in [-0.25, -0.2) is 4.39 Å². The predicted molar refractivity (Wildman–Crippen MR) is 87.0 cm³/mol. The lowest BCUT2D eigenvalue weighted by molar-refractivity contribution is 0.0921. The summed E-state index contributed by atoms with van der Waals surface area (Å²) >= 11 is 0. The standard InChI is InChI=1S/C19H18FNO3/c20-13-8-7-12-3-1-5-16(15(12)11-13)21-19(22)14-4-2-6-17-18(14)24-10-9-23-17/h2,4,6-8,11,16H,1,3,5,9-10H2,(H,21,22)/t16-/m0/s1. The first kappa shape index (κ1) is 15.0. The molecule has 2 aromatic carbocycles. The Morgan fingerprint density at radius 3 is 2.96 bits per heavy atom. The number of para-hydroxylation sites is 1. The van der Waals surface area contributed by atoms with Crippen molar-refractivity contribution < 1.29 is 18.7 Å². The third kappa shape index (κ3) is 2.70. The molecule has 1 atom stereocenters. The van der Waals surface area contributed by atoms with Gasteiger partial charge in [-0.2, -0.15) is 0 Å². The van der Waals surface area contributed by atoms with E-state index in [1.165, 1.54) is 12.1 Å². The van der Waals surface area contributed by atoms with Crippen molar-refractivity contribution in [2.75, 3.05) is 13.2 Å². The maximum atomic E-state index is 13.6. The number of fused-ring (bicyclic) bond motifs is 2. The summed E-state index contributed by atoms with van der Waals surface area (Å²) < 4.78 is 24.7. The number of benzene rings is 2. The van der Waals surface area contributed by atoms with Crippen molar-refractivity contribution in [2.45, 2.75) is 25.3 Å². The van der Waals surface area contributed by atoms with Gasteiger partial charge in [-0.05, 0) is 54.7 Å². The maximum Gasteiger partial charge on any atom is 0.255 e. The van der Waals surface area contributed by atoms with E-state index < -0.39 is 0 Å². The molecule has 124 valence electrons. The third-order valence-corrected chi connectivity index (χ3v) is 4.54. The molecule has 2 aromatic rings. The van der Waals surface area contributed by atoms with Gasteiger partial charge < -0.3 is 14.8 Å². The molecule has 2 aliphatic rings. The zero-order chi connectivity index (χ0) is 16.5. The molecule has 0 spiro atoms. The Morgan fingerprint density at radius 2 is 2.04 bits per heavy atom. The number of hydrogen-bond donors (Lipinski definition) is 1. The fourth-order valence-electron chi connectivity index (χ4n) is 3.41. The van der Waals surface area contributed by atoms with Crippen LogP contribution in [0.15, 0.2) is 36.4 Å². The average Bonchev–Trinajstić information content (AvgIpc) is 2.61. The normalized spacial score (nSPS) is 18.6. The summed E-state index contributed by atoms with van der Waals surface area (Å²) in [5.74, 6) is 0.573. The molecule has 1 aliphatic carbocycles. The van der Waals surface area contributed by atoms with Crippen LogP contribution in [0.4, 0.5) is 4.39 Å². The minimum atomic E-state index is -0.274. The van der Waals surface area contributed by atoms with Crippen LogP contribution in [0.1, 0.15) is 40.4 Å². The van der Waals surface area contributed by atoms with Crippen LogP contribution in [0.5, 0.6) is 11.5 Å². The van der Waals surface area contributed by atoms with Crippen molar-refractivity contribution >= 4 is 5.91 Å². The van der Waals surface area contributed by atoms with Gasteiger partial charge in [0, 0.05) is 0 Å². The monoisotopic (exact) mass is 327 g/mol. The molecule has 1 N–H and O–H groups in total. The second kappa shape index (κ2) is 6.15. The minimum Gasteiger partial charge on any atom is -0.486 e. The van der Waals surface area contributed by atoms with Crippen LogP contribution in [0, 0.1) is 5.82 Å². The molecule has 1 heterocycles. The number of carbonyl (C=O) groups is 1. The van der Waals surface area contributed by atoms with E-state index in [1.54, 1.807) is 18.2 Å².